The third-order valence-corrected chi connectivity index (χ3v) is 7.70. The van der Waals surface area contributed by atoms with E-state index < -0.39 is 23.3 Å². The average molecular weight is 574 g/mol. The van der Waals surface area contributed by atoms with E-state index in [1.165, 1.54) is 26.0 Å². The van der Waals surface area contributed by atoms with Crippen molar-refractivity contribution < 1.29 is 32.2 Å². The van der Waals surface area contributed by atoms with Crippen molar-refractivity contribution in [3.05, 3.63) is 70.3 Å². The largest absolute Gasteiger partial charge is 0.493 e. The lowest BCUT2D eigenvalue weighted by Gasteiger charge is -2.44. The van der Waals surface area contributed by atoms with Gasteiger partial charge in [-0.05, 0) is 82.1 Å². The highest BCUT2D eigenvalue weighted by Crippen LogP contribution is 2.50. The lowest BCUT2D eigenvalue weighted by atomic mass is 9.84. The first-order valence-electron chi connectivity index (χ1n) is 14.7. The molecule has 2 atom stereocenters. The van der Waals surface area contributed by atoms with Crippen LogP contribution in [0.5, 0.6) is 5.75 Å². The zero-order valence-corrected chi connectivity index (χ0v) is 24.6. The summed E-state index contributed by atoms with van der Waals surface area (Å²) in [6, 6.07) is 9.80. The van der Waals surface area contributed by atoms with Crippen LogP contribution in [0.15, 0.2) is 42.0 Å². The number of carbonyl (C=O) groups excluding carboxylic acids is 1. The minimum atomic E-state index is -1.53. The lowest BCUT2D eigenvalue weighted by Crippen LogP contribution is -2.47. The lowest BCUT2D eigenvalue weighted by molar-refractivity contribution is -0.148. The first-order chi connectivity index (χ1) is 19.6. The Hall–Kier alpha value is -2.84. The molecule has 2 aliphatic rings. The van der Waals surface area contributed by atoms with Crippen molar-refractivity contribution in [1.29, 1.82) is 0 Å². The molecule has 0 radical (unpaired) electrons. The van der Waals surface area contributed by atoms with Gasteiger partial charge in [-0.3, -0.25) is 4.90 Å². The molecule has 0 N–H and O–H groups in total. The Morgan fingerprint density at radius 2 is 1.73 bits per heavy atom. The molecule has 4 rings (SSSR count). The van der Waals surface area contributed by atoms with Gasteiger partial charge in [0.2, 0.25) is 0 Å². The standard InChI is InChI=1S/C33H42F3NO4/c1-5-40-30(38)20-39-14-10-6-7-11-15-41-24-18-28(34)31(29(35)19-24)32-27-17-23-12-8-9-13-25(23)26(27)16-22(2)37(32)21-33(3,4)36/h8-9,12-13,18-19,22,32H,5-7,10-11,14-17,20-21H2,1-4H3/t22-,32+/m1/s1. The first kappa shape index (κ1) is 31.1. The molecule has 1 aliphatic carbocycles. The van der Waals surface area contributed by atoms with E-state index >= 15 is 8.78 Å². The highest BCUT2D eigenvalue weighted by molar-refractivity contribution is 5.79. The van der Waals surface area contributed by atoms with Crippen molar-refractivity contribution in [2.45, 2.75) is 84.0 Å². The molecule has 5 nitrogen and oxygen atoms in total. The fraction of sp³-hybridized carbons (Fsp3) is 0.545. The first-order valence-corrected chi connectivity index (χ1v) is 14.7. The van der Waals surface area contributed by atoms with E-state index in [0.717, 1.165) is 48.0 Å². The molecule has 0 amide bonds. The highest BCUT2D eigenvalue weighted by atomic mass is 19.1. The van der Waals surface area contributed by atoms with Gasteiger partial charge in [0, 0.05) is 36.9 Å². The van der Waals surface area contributed by atoms with E-state index in [2.05, 4.69) is 12.1 Å². The number of benzene rings is 2. The van der Waals surface area contributed by atoms with Gasteiger partial charge in [-0.1, -0.05) is 30.7 Å². The number of rotatable bonds is 14. The SMILES string of the molecule is CCOC(=O)COCCCCCCOc1cc(F)c([C@@H]2C3=C(C[C@@H](C)N2CC(C)(C)F)c2ccccc2C3)c(F)c1. The number of hydrogen-bond acceptors (Lipinski definition) is 5. The molecule has 0 spiro atoms. The van der Waals surface area contributed by atoms with E-state index in [0.29, 0.717) is 32.7 Å². The van der Waals surface area contributed by atoms with Crippen LogP contribution in [0.3, 0.4) is 0 Å². The molecule has 1 aliphatic heterocycles. The average Bonchev–Trinajstić information content (AvgIpc) is 3.26. The van der Waals surface area contributed by atoms with E-state index in [1.807, 2.05) is 24.0 Å². The van der Waals surface area contributed by atoms with Gasteiger partial charge in [-0.15, -0.1) is 0 Å². The van der Waals surface area contributed by atoms with Crippen molar-refractivity contribution in [3.8, 4) is 5.75 Å². The van der Waals surface area contributed by atoms with E-state index in [4.69, 9.17) is 14.2 Å². The summed E-state index contributed by atoms with van der Waals surface area (Å²) in [5, 5.41) is 0. The zero-order chi connectivity index (χ0) is 29.6. The molecule has 1 heterocycles. The molecule has 0 bridgehead atoms. The van der Waals surface area contributed by atoms with E-state index in [9.17, 15) is 9.18 Å². The smallest absolute Gasteiger partial charge is 0.332 e. The Labute approximate surface area is 241 Å². The fourth-order valence-corrected chi connectivity index (χ4v) is 5.96. The summed E-state index contributed by atoms with van der Waals surface area (Å²) in [7, 11) is 0. The summed E-state index contributed by atoms with van der Waals surface area (Å²) >= 11 is 0. The van der Waals surface area contributed by atoms with Crippen molar-refractivity contribution in [2.75, 3.05) is 33.0 Å². The molecule has 0 aromatic heterocycles. The van der Waals surface area contributed by atoms with Gasteiger partial charge >= 0.3 is 5.97 Å². The molecule has 2 aromatic rings. The summed E-state index contributed by atoms with van der Waals surface area (Å²) in [4.78, 5) is 13.2. The summed E-state index contributed by atoms with van der Waals surface area (Å²) in [6.45, 7) is 7.92. The van der Waals surface area contributed by atoms with Crippen LogP contribution in [0.25, 0.3) is 5.57 Å². The number of esters is 1. The molecule has 0 saturated carbocycles. The molecule has 41 heavy (non-hydrogen) atoms. The summed E-state index contributed by atoms with van der Waals surface area (Å²) in [5.74, 6) is -1.58. The summed E-state index contributed by atoms with van der Waals surface area (Å²) in [5.41, 5.74) is 2.77. The fourth-order valence-electron chi connectivity index (χ4n) is 5.96. The van der Waals surface area contributed by atoms with Gasteiger partial charge in [0.1, 0.15) is 29.7 Å². The van der Waals surface area contributed by atoms with Crippen molar-refractivity contribution in [3.63, 3.8) is 0 Å². The van der Waals surface area contributed by atoms with Crippen LogP contribution in [-0.4, -0.2) is 55.6 Å². The zero-order valence-electron chi connectivity index (χ0n) is 24.6. The van der Waals surface area contributed by atoms with Crippen LogP contribution < -0.4 is 4.74 Å². The Bertz CT molecular complexity index is 1220. The third-order valence-electron chi connectivity index (χ3n) is 7.70. The van der Waals surface area contributed by atoms with Crippen molar-refractivity contribution >= 4 is 11.5 Å². The molecule has 0 saturated heterocycles. The normalized spacial score (nSPS) is 18.8. The quantitative estimate of drug-likeness (QED) is 0.174. The molecule has 2 aromatic carbocycles. The van der Waals surface area contributed by atoms with Gasteiger partial charge < -0.3 is 14.2 Å². The number of nitrogens with zero attached hydrogens (tertiary/aromatic N) is 1. The number of halogens is 3. The number of carbonyl (C=O) groups is 1. The Morgan fingerprint density at radius 3 is 2.41 bits per heavy atom. The molecular formula is C33H42F3NO4. The van der Waals surface area contributed by atoms with Crippen LogP contribution in [0.2, 0.25) is 0 Å². The van der Waals surface area contributed by atoms with Crippen LogP contribution in [0.1, 0.15) is 82.5 Å². The topological polar surface area (TPSA) is 48.0 Å². The molecule has 0 fully saturated rings. The Morgan fingerprint density at radius 1 is 1.05 bits per heavy atom. The number of hydrogen-bond donors (Lipinski definition) is 0. The van der Waals surface area contributed by atoms with E-state index in [1.54, 1.807) is 6.92 Å². The van der Waals surface area contributed by atoms with Crippen molar-refractivity contribution in [1.82, 2.24) is 4.90 Å². The van der Waals surface area contributed by atoms with Gasteiger partial charge in [0.05, 0.1) is 19.3 Å². The minimum Gasteiger partial charge on any atom is -0.493 e. The summed E-state index contributed by atoms with van der Waals surface area (Å²) in [6.07, 6.45) is 4.56. The number of fused-ring (bicyclic) bond motifs is 2. The van der Waals surface area contributed by atoms with Gasteiger partial charge in [0.15, 0.2) is 0 Å². The Kier molecular flexibility index (Phi) is 10.5. The number of alkyl halides is 1. The number of ether oxygens (including phenoxy) is 3. The Balaban J connectivity index is 1.41. The van der Waals surface area contributed by atoms with Crippen LogP contribution in [0.4, 0.5) is 13.2 Å². The molecular weight excluding hydrogens is 531 g/mol. The second-order valence-corrected chi connectivity index (χ2v) is 11.6. The minimum absolute atomic E-state index is 0.0430. The maximum absolute atomic E-state index is 15.8. The monoisotopic (exact) mass is 573 g/mol. The molecule has 0 unspecified atom stereocenters. The van der Waals surface area contributed by atoms with E-state index in [-0.39, 0.29) is 36.5 Å². The van der Waals surface area contributed by atoms with Crippen LogP contribution in [-0.2, 0) is 20.7 Å². The van der Waals surface area contributed by atoms with Crippen LogP contribution >= 0.6 is 0 Å². The number of unbranched alkanes of at least 4 members (excludes halogenated alkanes) is 3. The van der Waals surface area contributed by atoms with Gasteiger partial charge in [-0.2, -0.15) is 0 Å². The summed E-state index contributed by atoms with van der Waals surface area (Å²) < 4.78 is 62.3. The second-order valence-electron chi connectivity index (χ2n) is 11.6. The maximum atomic E-state index is 15.8. The van der Waals surface area contributed by atoms with Crippen LogP contribution in [0, 0.1) is 11.6 Å². The highest BCUT2D eigenvalue weighted by Gasteiger charge is 2.42. The molecule has 8 heteroatoms. The van der Waals surface area contributed by atoms with Gasteiger partial charge in [0.25, 0.3) is 0 Å². The predicted octanol–water partition coefficient (Wildman–Crippen LogP) is 7.38. The molecule has 224 valence electrons. The van der Waals surface area contributed by atoms with Gasteiger partial charge in [-0.25, -0.2) is 18.0 Å². The maximum Gasteiger partial charge on any atom is 0.332 e. The second kappa shape index (κ2) is 13.9. The predicted molar refractivity (Wildman–Crippen MR) is 154 cm³/mol. The third kappa shape index (κ3) is 7.92. The van der Waals surface area contributed by atoms with Crippen molar-refractivity contribution in [2.24, 2.45) is 0 Å².